The van der Waals surface area contributed by atoms with Gasteiger partial charge in [-0.05, 0) is 25.7 Å². The van der Waals surface area contributed by atoms with Crippen molar-refractivity contribution in [2.24, 2.45) is 5.92 Å². The fourth-order valence-corrected chi connectivity index (χ4v) is 2.55. The first-order valence-electron chi connectivity index (χ1n) is 6.72. The van der Waals surface area contributed by atoms with Crippen LogP contribution in [0.5, 0.6) is 0 Å². The molecule has 1 N–H and O–H groups in total. The van der Waals surface area contributed by atoms with Crippen LogP contribution < -0.4 is 5.32 Å². The summed E-state index contributed by atoms with van der Waals surface area (Å²) in [7, 11) is 0. The van der Waals surface area contributed by atoms with Gasteiger partial charge in [0.2, 0.25) is 5.91 Å². The summed E-state index contributed by atoms with van der Waals surface area (Å²) in [5, 5.41) is 3.14. The van der Waals surface area contributed by atoms with Crippen molar-refractivity contribution in [1.82, 2.24) is 15.1 Å². The molecule has 1 unspecified atom stereocenters. The first-order valence-corrected chi connectivity index (χ1v) is 6.72. The average molecular weight is 235 g/mol. The van der Waals surface area contributed by atoms with E-state index in [0.717, 1.165) is 13.2 Å². The Morgan fingerprint density at radius 3 is 2.53 bits per heavy atom. The molecular weight excluding hydrogens is 214 g/mol. The molecule has 0 aromatic rings. The second kappa shape index (κ2) is 4.24. The normalized spacial score (nSPS) is 24.6. The van der Waals surface area contributed by atoms with Crippen molar-refractivity contribution < 1.29 is 4.79 Å². The summed E-state index contributed by atoms with van der Waals surface area (Å²) in [5.74, 6) is 0.482. The van der Waals surface area contributed by atoms with Crippen LogP contribution in [0.3, 0.4) is 0 Å². The van der Waals surface area contributed by atoms with Gasteiger partial charge < -0.3 is 15.1 Å². The molecular formula is C13H21N3O. The molecule has 0 bridgehead atoms. The zero-order valence-corrected chi connectivity index (χ0v) is 10.4. The molecule has 0 saturated heterocycles. The topological polar surface area (TPSA) is 35.6 Å². The van der Waals surface area contributed by atoms with E-state index in [1.807, 2.05) is 12.4 Å². The number of hydrogen-bond donors (Lipinski definition) is 1. The van der Waals surface area contributed by atoms with Crippen molar-refractivity contribution in [1.29, 1.82) is 0 Å². The summed E-state index contributed by atoms with van der Waals surface area (Å²) in [6.45, 7) is 3.73. The second-order valence-electron chi connectivity index (χ2n) is 5.56. The standard InChI is InChI=1S/C13H21N3O/c1-10(8-15-7-6-14-9-15)13(17)16(11-2-3-11)12-4-5-12/h6-7,10-12,14H,2-5,8-9H2,1H3. The molecule has 0 radical (unpaired) electrons. The number of nitrogens with one attached hydrogen (secondary N) is 1. The lowest BCUT2D eigenvalue weighted by Crippen LogP contribution is -2.42. The van der Waals surface area contributed by atoms with Crippen molar-refractivity contribution in [2.45, 2.75) is 44.7 Å². The lowest BCUT2D eigenvalue weighted by molar-refractivity contribution is -0.136. The summed E-state index contributed by atoms with van der Waals surface area (Å²) < 4.78 is 0. The van der Waals surface area contributed by atoms with Crippen LogP contribution in [-0.2, 0) is 4.79 Å². The predicted octanol–water partition coefficient (Wildman–Crippen LogP) is 1.11. The Hall–Kier alpha value is -1.19. The minimum atomic E-state index is 0.112. The van der Waals surface area contributed by atoms with Crippen LogP contribution in [0.15, 0.2) is 12.4 Å². The molecule has 0 spiro atoms. The van der Waals surface area contributed by atoms with Gasteiger partial charge in [0.25, 0.3) is 0 Å². The monoisotopic (exact) mass is 235 g/mol. The lowest BCUT2D eigenvalue weighted by Gasteiger charge is -2.27. The van der Waals surface area contributed by atoms with Crippen molar-refractivity contribution in [3.63, 3.8) is 0 Å². The molecule has 1 heterocycles. The number of rotatable bonds is 5. The van der Waals surface area contributed by atoms with E-state index in [2.05, 4.69) is 22.0 Å². The summed E-state index contributed by atoms with van der Waals surface area (Å²) >= 11 is 0. The highest BCUT2D eigenvalue weighted by Crippen LogP contribution is 2.38. The smallest absolute Gasteiger partial charge is 0.227 e. The number of carbonyl (C=O) groups is 1. The van der Waals surface area contributed by atoms with Gasteiger partial charge in [0.1, 0.15) is 0 Å². The van der Waals surface area contributed by atoms with Crippen molar-refractivity contribution in [2.75, 3.05) is 13.2 Å². The molecule has 17 heavy (non-hydrogen) atoms. The lowest BCUT2D eigenvalue weighted by atomic mass is 10.1. The fourth-order valence-electron chi connectivity index (χ4n) is 2.55. The third-order valence-corrected chi connectivity index (χ3v) is 3.76. The largest absolute Gasteiger partial charge is 0.373 e. The zero-order valence-electron chi connectivity index (χ0n) is 10.4. The molecule has 3 aliphatic rings. The van der Waals surface area contributed by atoms with Gasteiger partial charge in [-0.25, -0.2) is 0 Å². The Bertz CT molecular complexity index is 322. The van der Waals surface area contributed by atoms with E-state index in [1.54, 1.807) is 0 Å². The van der Waals surface area contributed by atoms with Crippen molar-refractivity contribution in [3.05, 3.63) is 12.4 Å². The van der Waals surface area contributed by atoms with Gasteiger partial charge in [-0.3, -0.25) is 4.79 Å². The summed E-state index contributed by atoms with van der Waals surface area (Å²) in [6.07, 6.45) is 8.86. The highest BCUT2D eigenvalue weighted by Gasteiger charge is 2.43. The molecule has 0 aromatic heterocycles. The Labute approximate surface area is 103 Å². The first-order chi connectivity index (χ1) is 8.25. The minimum absolute atomic E-state index is 0.112. The zero-order chi connectivity index (χ0) is 11.8. The van der Waals surface area contributed by atoms with Gasteiger partial charge in [-0.2, -0.15) is 0 Å². The maximum absolute atomic E-state index is 12.4. The van der Waals surface area contributed by atoms with Crippen LogP contribution in [-0.4, -0.2) is 41.0 Å². The maximum atomic E-state index is 12.4. The van der Waals surface area contributed by atoms with Crippen LogP contribution in [0.25, 0.3) is 0 Å². The number of hydrogen-bond acceptors (Lipinski definition) is 3. The fraction of sp³-hybridized carbons (Fsp3) is 0.769. The van der Waals surface area contributed by atoms with Gasteiger partial charge in [-0.1, -0.05) is 6.92 Å². The van der Waals surface area contributed by atoms with Gasteiger partial charge in [0, 0.05) is 31.0 Å². The Kier molecular flexibility index (Phi) is 2.73. The van der Waals surface area contributed by atoms with E-state index >= 15 is 0 Å². The van der Waals surface area contributed by atoms with Crippen molar-refractivity contribution in [3.8, 4) is 0 Å². The van der Waals surface area contributed by atoms with Crippen LogP contribution in [0.1, 0.15) is 32.6 Å². The number of carbonyl (C=O) groups excluding carboxylic acids is 1. The van der Waals surface area contributed by atoms with E-state index in [1.165, 1.54) is 25.7 Å². The molecule has 2 saturated carbocycles. The summed E-state index contributed by atoms with van der Waals surface area (Å²) in [4.78, 5) is 16.8. The molecule has 4 heteroatoms. The molecule has 4 nitrogen and oxygen atoms in total. The molecule has 94 valence electrons. The maximum Gasteiger partial charge on any atom is 0.227 e. The van der Waals surface area contributed by atoms with Crippen LogP contribution in [0, 0.1) is 5.92 Å². The molecule has 1 atom stereocenters. The average Bonchev–Trinajstić information content (AvgIpc) is 3.23. The van der Waals surface area contributed by atoms with Gasteiger partial charge in [0.15, 0.2) is 0 Å². The molecule has 0 aromatic carbocycles. The third-order valence-electron chi connectivity index (χ3n) is 3.76. The number of amides is 1. The third kappa shape index (κ3) is 2.40. The van der Waals surface area contributed by atoms with Gasteiger partial charge >= 0.3 is 0 Å². The number of nitrogens with zero attached hydrogens (tertiary/aromatic N) is 2. The highest BCUT2D eigenvalue weighted by molar-refractivity contribution is 5.80. The van der Waals surface area contributed by atoms with Crippen molar-refractivity contribution >= 4 is 5.91 Å². The highest BCUT2D eigenvalue weighted by atomic mass is 16.2. The minimum Gasteiger partial charge on any atom is -0.373 e. The van der Waals surface area contributed by atoms with Crippen LogP contribution in [0.4, 0.5) is 0 Å². The summed E-state index contributed by atoms with van der Waals surface area (Å²) in [5.41, 5.74) is 0. The summed E-state index contributed by atoms with van der Waals surface area (Å²) in [6, 6.07) is 1.15. The molecule has 1 amide bonds. The molecule has 2 aliphatic carbocycles. The first kappa shape index (κ1) is 10.9. The van der Waals surface area contributed by atoms with E-state index in [0.29, 0.717) is 18.0 Å². The molecule has 3 rings (SSSR count). The van der Waals surface area contributed by atoms with E-state index in [9.17, 15) is 4.79 Å². The second-order valence-corrected chi connectivity index (χ2v) is 5.56. The Balaban J connectivity index is 1.57. The molecule has 1 aliphatic heterocycles. The van der Waals surface area contributed by atoms with Gasteiger partial charge in [-0.15, -0.1) is 0 Å². The molecule has 2 fully saturated rings. The Morgan fingerprint density at radius 2 is 2.06 bits per heavy atom. The Morgan fingerprint density at radius 1 is 1.41 bits per heavy atom. The van der Waals surface area contributed by atoms with Crippen LogP contribution >= 0.6 is 0 Å². The SMILES string of the molecule is CC(CN1C=CNC1)C(=O)N(C1CC1)C1CC1. The quantitative estimate of drug-likeness (QED) is 0.775. The van der Waals surface area contributed by atoms with E-state index < -0.39 is 0 Å². The van der Waals surface area contributed by atoms with E-state index in [4.69, 9.17) is 0 Å². The van der Waals surface area contributed by atoms with Gasteiger partial charge in [0.05, 0.1) is 12.6 Å². The van der Waals surface area contributed by atoms with E-state index in [-0.39, 0.29) is 5.92 Å². The predicted molar refractivity (Wildman–Crippen MR) is 65.9 cm³/mol. The van der Waals surface area contributed by atoms with Crippen LogP contribution in [0.2, 0.25) is 0 Å².